The van der Waals surface area contributed by atoms with Crippen molar-refractivity contribution in [1.82, 2.24) is 0 Å². The first-order valence-corrected chi connectivity index (χ1v) is 6.47. The van der Waals surface area contributed by atoms with Gasteiger partial charge in [-0.3, -0.25) is 10.1 Å². The normalized spacial score (nSPS) is 17.7. The fourth-order valence-electron chi connectivity index (χ4n) is 2.49. The topological polar surface area (TPSA) is 102 Å². The van der Waals surface area contributed by atoms with E-state index in [1.54, 1.807) is 24.1 Å². The number of para-hydroxylation sites is 1. The van der Waals surface area contributed by atoms with E-state index >= 15 is 0 Å². The Morgan fingerprint density at radius 1 is 1.50 bits per heavy atom. The van der Waals surface area contributed by atoms with Gasteiger partial charge < -0.3 is 20.5 Å². The average molecular weight is 281 g/mol. The Morgan fingerprint density at radius 3 is 2.75 bits per heavy atom. The van der Waals surface area contributed by atoms with Crippen LogP contribution in [0.15, 0.2) is 18.2 Å². The Balaban J connectivity index is 2.23. The summed E-state index contributed by atoms with van der Waals surface area (Å²) in [7, 11) is 1.72. The van der Waals surface area contributed by atoms with Crippen LogP contribution in [0.3, 0.4) is 0 Å². The SMILES string of the molecule is CN(CC1(O)CCOCC1)c1cccc(N)c1[N+](=O)[O-]. The maximum absolute atomic E-state index is 11.1. The number of nitrogens with zero attached hydrogens (tertiary/aromatic N) is 2. The molecule has 0 bridgehead atoms. The maximum atomic E-state index is 11.1. The van der Waals surface area contributed by atoms with Crippen molar-refractivity contribution in [3.05, 3.63) is 28.3 Å². The Morgan fingerprint density at radius 2 is 2.15 bits per heavy atom. The van der Waals surface area contributed by atoms with Crippen molar-refractivity contribution in [2.24, 2.45) is 0 Å². The van der Waals surface area contributed by atoms with E-state index in [4.69, 9.17) is 10.5 Å². The highest BCUT2D eigenvalue weighted by atomic mass is 16.6. The number of anilines is 2. The maximum Gasteiger partial charge on any atom is 0.315 e. The molecular formula is C13H19N3O4. The number of nitrogen functional groups attached to an aromatic ring is 1. The fraction of sp³-hybridized carbons (Fsp3) is 0.538. The zero-order valence-corrected chi connectivity index (χ0v) is 11.4. The number of hydrogen-bond acceptors (Lipinski definition) is 6. The van der Waals surface area contributed by atoms with E-state index in [1.165, 1.54) is 6.07 Å². The molecule has 0 aliphatic carbocycles. The van der Waals surface area contributed by atoms with Crippen LogP contribution in [0, 0.1) is 10.1 Å². The molecule has 20 heavy (non-hydrogen) atoms. The van der Waals surface area contributed by atoms with E-state index in [0.717, 1.165) is 0 Å². The van der Waals surface area contributed by atoms with E-state index in [1.807, 2.05) is 0 Å². The summed E-state index contributed by atoms with van der Waals surface area (Å²) in [5.74, 6) is 0. The third kappa shape index (κ3) is 3.00. The Labute approximate surface area is 117 Å². The number of benzene rings is 1. The molecule has 7 heteroatoms. The number of nitrogens with two attached hydrogens (primary N) is 1. The minimum atomic E-state index is -0.883. The second-order valence-electron chi connectivity index (χ2n) is 5.16. The quantitative estimate of drug-likeness (QED) is 0.487. The minimum absolute atomic E-state index is 0.120. The number of likely N-dealkylation sites (N-methyl/N-ethyl adjacent to an activating group) is 1. The molecule has 1 saturated heterocycles. The largest absolute Gasteiger partial charge is 0.393 e. The predicted molar refractivity (Wildman–Crippen MR) is 75.8 cm³/mol. The number of aliphatic hydroxyl groups is 1. The summed E-state index contributed by atoms with van der Waals surface area (Å²) < 4.78 is 5.23. The van der Waals surface area contributed by atoms with Crippen LogP contribution in [0.25, 0.3) is 0 Å². The first-order valence-electron chi connectivity index (χ1n) is 6.47. The van der Waals surface area contributed by atoms with E-state index in [9.17, 15) is 15.2 Å². The van der Waals surface area contributed by atoms with Crippen LogP contribution in [-0.4, -0.2) is 42.4 Å². The number of rotatable bonds is 4. The first-order chi connectivity index (χ1) is 9.43. The van der Waals surface area contributed by atoms with Gasteiger partial charge in [-0.15, -0.1) is 0 Å². The zero-order valence-electron chi connectivity index (χ0n) is 11.4. The standard InChI is InChI=1S/C13H19N3O4/c1-15(9-13(17)5-7-20-8-6-13)11-4-2-3-10(14)12(11)16(18)19/h2-4,17H,5-9,14H2,1H3. The van der Waals surface area contributed by atoms with Crippen LogP contribution in [0.5, 0.6) is 0 Å². The molecule has 1 fully saturated rings. The van der Waals surface area contributed by atoms with Crippen molar-refractivity contribution in [1.29, 1.82) is 0 Å². The second kappa shape index (κ2) is 5.64. The fourth-order valence-corrected chi connectivity index (χ4v) is 2.49. The van der Waals surface area contributed by atoms with Crippen molar-refractivity contribution in [2.45, 2.75) is 18.4 Å². The molecule has 1 aromatic carbocycles. The van der Waals surface area contributed by atoms with Crippen molar-refractivity contribution in [3.63, 3.8) is 0 Å². The summed E-state index contributed by atoms with van der Waals surface area (Å²) in [5, 5.41) is 21.6. The predicted octanol–water partition coefficient (Wildman–Crippen LogP) is 1.15. The zero-order chi connectivity index (χ0) is 14.8. The van der Waals surface area contributed by atoms with Crippen LogP contribution in [0.2, 0.25) is 0 Å². The molecule has 2 rings (SSSR count). The molecule has 0 amide bonds. The van der Waals surface area contributed by atoms with Gasteiger partial charge >= 0.3 is 5.69 Å². The molecule has 0 atom stereocenters. The molecule has 1 aliphatic rings. The van der Waals surface area contributed by atoms with Gasteiger partial charge in [0.1, 0.15) is 11.4 Å². The summed E-state index contributed by atoms with van der Waals surface area (Å²) in [6.07, 6.45) is 1.04. The summed E-state index contributed by atoms with van der Waals surface area (Å²) in [6.45, 7) is 1.31. The van der Waals surface area contributed by atoms with Crippen molar-refractivity contribution in [3.8, 4) is 0 Å². The average Bonchev–Trinajstić information content (AvgIpc) is 2.38. The Kier molecular flexibility index (Phi) is 4.10. The van der Waals surface area contributed by atoms with Crippen molar-refractivity contribution < 1.29 is 14.8 Å². The molecule has 1 aliphatic heterocycles. The molecule has 0 aromatic heterocycles. The van der Waals surface area contributed by atoms with Gasteiger partial charge in [0.05, 0.1) is 10.5 Å². The monoisotopic (exact) mass is 281 g/mol. The van der Waals surface area contributed by atoms with Crippen LogP contribution < -0.4 is 10.6 Å². The van der Waals surface area contributed by atoms with Crippen LogP contribution in [0.1, 0.15) is 12.8 Å². The van der Waals surface area contributed by atoms with Gasteiger partial charge in [0.2, 0.25) is 0 Å². The Bertz CT molecular complexity index is 500. The lowest BCUT2D eigenvalue weighted by Crippen LogP contribution is -2.45. The first kappa shape index (κ1) is 14.5. The van der Waals surface area contributed by atoms with E-state index in [2.05, 4.69) is 0 Å². The molecule has 0 saturated carbocycles. The molecule has 1 heterocycles. The van der Waals surface area contributed by atoms with Crippen LogP contribution in [0.4, 0.5) is 17.1 Å². The van der Waals surface area contributed by atoms with Crippen molar-refractivity contribution in [2.75, 3.05) is 37.4 Å². The summed E-state index contributed by atoms with van der Waals surface area (Å²) in [6, 6.07) is 4.80. The molecule has 3 N–H and O–H groups in total. The van der Waals surface area contributed by atoms with E-state index in [-0.39, 0.29) is 11.4 Å². The molecule has 0 spiro atoms. The smallest absolute Gasteiger partial charge is 0.315 e. The summed E-state index contributed by atoms with van der Waals surface area (Å²) in [4.78, 5) is 12.3. The number of ether oxygens (including phenoxy) is 1. The van der Waals surface area contributed by atoms with Crippen LogP contribution >= 0.6 is 0 Å². The molecule has 7 nitrogen and oxygen atoms in total. The van der Waals surface area contributed by atoms with E-state index in [0.29, 0.717) is 38.3 Å². The van der Waals surface area contributed by atoms with Gasteiger partial charge in [-0.05, 0) is 12.1 Å². The number of hydrogen-bond donors (Lipinski definition) is 2. The summed E-state index contributed by atoms with van der Waals surface area (Å²) >= 11 is 0. The highest BCUT2D eigenvalue weighted by Gasteiger charge is 2.33. The highest BCUT2D eigenvalue weighted by molar-refractivity contribution is 5.75. The summed E-state index contributed by atoms with van der Waals surface area (Å²) in [5.41, 5.74) is 5.21. The van der Waals surface area contributed by atoms with E-state index < -0.39 is 10.5 Å². The van der Waals surface area contributed by atoms with Gasteiger partial charge in [0, 0.05) is 39.6 Å². The Hall–Kier alpha value is -1.86. The number of nitro groups is 1. The molecular weight excluding hydrogens is 262 g/mol. The minimum Gasteiger partial charge on any atom is -0.393 e. The highest BCUT2D eigenvalue weighted by Crippen LogP contribution is 2.34. The van der Waals surface area contributed by atoms with Gasteiger partial charge in [0.15, 0.2) is 0 Å². The molecule has 1 aromatic rings. The second-order valence-corrected chi connectivity index (χ2v) is 5.16. The van der Waals surface area contributed by atoms with Crippen molar-refractivity contribution >= 4 is 17.1 Å². The lowest BCUT2D eigenvalue weighted by Gasteiger charge is -2.36. The third-order valence-electron chi connectivity index (χ3n) is 3.59. The van der Waals surface area contributed by atoms with Gasteiger partial charge in [-0.25, -0.2) is 0 Å². The van der Waals surface area contributed by atoms with Gasteiger partial charge in [0.25, 0.3) is 0 Å². The molecule has 0 unspecified atom stereocenters. The third-order valence-corrected chi connectivity index (χ3v) is 3.59. The number of nitro benzene ring substituents is 1. The lowest BCUT2D eigenvalue weighted by atomic mass is 9.93. The molecule has 110 valence electrons. The lowest BCUT2D eigenvalue weighted by molar-refractivity contribution is -0.383. The van der Waals surface area contributed by atoms with Crippen LogP contribution in [-0.2, 0) is 4.74 Å². The van der Waals surface area contributed by atoms with Gasteiger partial charge in [-0.2, -0.15) is 0 Å². The van der Waals surface area contributed by atoms with Gasteiger partial charge in [-0.1, -0.05) is 6.07 Å². The molecule has 0 radical (unpaired) electrons.